The second-order valence-corrected chi connectivity index (χ2v) is 4.61. The molecule has 0 fully saturated rings. The predicted molar refractivity (Wildman–Crippen MR) is 68.1 cm³/mol. The average molecular weight is 237 g/mol. The third-order valence-corrected chi connectivity index (χ3v) is 3.13. The predicted octanol–water partition coefficient (Wildman–Crippen LogP) is 4.16. The summed E-state index contributed by atoms with van der Waals surface area (Å²) in [7, 11) is 0. The number of hydrogen-bond donors (Lipinski definition) is 0. The smallest absolute Gasteiger partial charge is 0.203 e. The maximum Gasteiger partial charge on any atom is 0.203 e. The number of oxazole rings is 1. The molecule has 0 bridgehead atoms. The third kappa shape index (κ3) is 3.99. The van der Waals surface area contributed by atoms with Crippen LogP contribution in [0.3, 0.4) is 0 Å². The van der Waals surface area contributed by atoms with Crippen LogP contribution in [0.1, 0.15) is 68.6 Å². The summed E-state index contributed by atoms with van der Waals surface area (Å²) in [6, 6.07) is 0. The van der Waals surface area contributed by atoms with E-state index in [1.54, 1.807) is 0 Å². The highest BCUT2D eigenvalue weighted by Gasteiger charge is 2.23. The minimum atomic E-state index is 0.109. The fourth-order valence-corrected chi connectivity index (χ4v) is 2.12. The third-order valence-electron chi connectivity index (χ3n) is 3.13. The normalized spacial score (nSPS) is 12.6. The summed E-state index contributed by atoms with van der Waals surface area (Å²) in [5.41, 5.74) is 0.714. The maximum absolute atomic E-state index is 12.3. The SMILES string of the molecule is CCCCCC(CCC)C(=O)c1ocnc1C. The number of carbonyl (C=O) groups is 1. The van der Waals surface area contributed by atoms with Crippen LogP contribution in [0.5, 0.6) is 0 Å². The summed E-state index contributed by atoms with van der Waals surface area (Å²) in [4.78, 5) is 16.3. The van der Waals surface area contributed by atoms with Crippen molar-refractivity contribution in [1.29, 1.82) is 0 Å². The van der Waals surface area contributed by atoms with Crippen molar-refractivity contribution in [2.24, 2.45) is 5.92 Å². The van der Waals surface area contributed by atoms with Gasteiger partial charge in [0.25, 0.3) is 0 Å². The number of carbonyl (C=O) groups excluding carboxylic acids is 1. The maximum atomic E-state index is 12.3. The zero-order valence-corrected chi connectivity index (χ0v) is 11.2. The molecular formula is C14H23NO2. The van der Waals surface area contributed by atoms with Crippen LogP contribution in [0.4, 0.5) is 0 Å². The zero-order valence-electron chi connectivity index (χ0n) is 11.2. The van der Waals surface area contributed by atoms with Gasteiger partial charge in [0.1, 0.15) is 0 Å². The summed E-state index contributed by atoms with van der Waals surface area (Å²) in [6.07, 6.45) is 7.83. The molecule has 1 atom stereocenters. The number of aryl methyl sites for hydroxylation is 1. The molecule has 1 rings (SSSR count). The van der Waals surface area contributed by atoms with Crippen molar-refractivity contribution in [1.82, 2.24) is 4.98 Å². The van der Waals surface area contributed by atoms with Crippen molar-refractivity contribution in [2.75, 3.05) is 0 Å². The van der Waals surface area contributed by atoms with Gasteiger partial charge >= 0.3 is 0 Å². The molecule has 1 aromatic rings. The molecule has 0 spiro atoms. The molecule has 0 aliphatic heterocycles. The van der Waals surface area contributed by atoms with E-state index in [0.717, 1.165) is 25.7 Å². The lowest BCUT2D eigenvalue weighted by Crippen LogP contribution is -2.15. The van der Waals surface area contributed by atoms with Gasteiger partial charge in [-0.05, 0) is 19.8 Å². The van der Waals surface area contributed by atoms with Crippen molar-refractivity contribution < 1.29 is 9.21 Å². The number of aromatic nitrogens is 1. The second-order valence-electron chi connectivity index (χ2n) is 4.61. The molecule has 0 saturated carbocycles. The van der Waals surface area contributed by atoms with Crippen LogP contribution < -0.4 is 0 Å². The van der Waals surface area contributed by atoms with Gasteiger partial charge in [-0.25, -0.2) is 4.98 Å². The minimum absolute atomic E-state index is 0.109. The van der Waals surface area contributed by atoms with E-state index in [0.29, 0.717) is 11.5 Å². The Morgan fingerprint density at radius 3 is 2.59 bits per heavy atom. The van der Waals surface area contributed by atoms with Crippen molar-refractivity contribution in [3.8, 4) is 0 Å². The van der Waals surface area contributed by atoms with Crippen LogP contribution in [-0.4, -0.2) is 10.8 Å². The van der Waals surface area contributed by atoms with E-state index in [4.69, 9.17) is 4.42 Å². The van der Waals surface area contributed by atoms with Crippen LogP contribution >= 0.6 is 0 Å². The quantitative estimate of drug-likeness (QED) is 0.503. The summed E-state index contributed by atoms with van der Waals surface area (Å²) in [5, 5.41) is 0. The average Bonchev–Trinajstić information content (AvgIpc) is 2.74. The topological polar surface area (TPSA) is 43.1 Å². The number of rotatable bonds is 8. The van der Waals surface area contributed by atoms with E-state index < -0.39 is 0 Å². The van der Waals surface area contributed by atoms with E-state index in [-0.39, 0.29) is 11.7 Å². The van der Waals surface area contributed by atoms with Gasteiger partial charge in [0.05, 0.1) is 5.69 Å². The van der Waals surface area contributed by atoms with Crippen molar-refractivity contribution in [3.63, 3.8) is 0 Å². The summed E-state index contributed by atoms with van der Waals surface area (Å²) in [6.45, 7) is 6.12. The molecule has 1 aromatic heterocycles. The van der Waals surface area contributed by atoms with Gasteiger partial charge in [-0.1, -0.05) is 39.5 Å². The van der Waals surface area contributed by atoms with Gasteiger partial charge in [0.2, 0.25) is 5.78 Å². The van der Waals surface area contributed by atoms with Gasteiger partial charge in [-0.15, -0.1) is 0 Å². The van der Waals surface area contributed by atoms with Gasteiger partial charge in [-0.2, -0.15) is 0 Å². The van der Waals surface area contributed by atoms with Crippen molar-refractivity contribution in [2.45, 2.75) is 59.3 Å². The molecule has 0 amide bonds. The lowest BCUT2D eigenvalue weighted by Gasteiger charge is -2.13. The molecule has 17 heavy (non-hydrogen) atoms. The van der Waals surface area contributed by atoms with Crippen molar-refractivity contribution >= 4 is 5.78 Å². The number of ketones is 1. The van der Waals surface area contributed by atoms with Gasteiger partial charge in [0.15, 0.2) is 12.2 Å². The molecule has 1 unspecified atom stereocenters. The molecule has 1 heterocycles. The summed E-state index contributed by atoms with van der Waals surface area (Å²) < 4.78 is 5.20. The Morgan fingerprint density at radius 1 is 1.29 bits per heavy atom. The molecule has 0 radical (unpaired) electrons. The molecule has 0 N–H and O–H groups in total. The van der Waals surface area contributed by atoms with E-state index in [1.165, 1.54) is 19.2 Å². The Balaban J connectivity index is 2.63. The Kier molecular flexibility index (Phi) is 5.95. The minimum Gasteiger partial charge on any atom is -0.440 e. The van der Waals surface area contributed by atoms with Gasteiger partial charge < -0.3 is 4.42 Å². The first-order chi connectivity index (χ1) is 8.20. The zero-order chi connectivity index (χ0) is 12.7. The molecule has 0 aromatic carbocycles. The number of Topliss-reactive ketones (excluding diaryl/α,β-unsaturated/α-hetero) is 1. The first kappa shape index (κ1) is 13.9. The molecule has 3 heteroatoms. The Morgan fingerprint density at radius 2 is 2.06 bits per heavy atom. The monoisotopic (exact) mass is 237 g/mol. The molecular weight excluding hydrogens is 214 g/mol. The number of unbranched alkanes of at least 4 members (excludes halogenated alkanes) is 2. The largest absolute Gasteiger partial charge is 0.440 e. The van der Waals surface area contributed by atoms with Crippen LogP contribution in [0, 0.1) is 12.8 Å². The highest BCUT2D eigenvalue weighted by molar-refractivity contribution is 5.96. The first-order valence-corrected chi connectivity index (χ1v) is 6.65. The Hall–Kier alpha value is -1.12. The Bertz CT molecular complexity index is 344. The van der Waals surface area contributed by atoms with Crippen LogP contribution in [0.2, 0.25) is 0 Å². The molecule has 0 saturated heterocycles. The number of nitrogens with zero attached hydrogens (tertiary/aromatic N) is 1. The van der Waals surface area contributed by atoms with Gasteiger partial charge in [-0.3, -0.25) is 4.79 Å². The highest BCUT2D eigenvalue weighted by atomic mass is 16.3. The first-order valence-electron chi connectivity index (χ1n) is 6.65. The molecule has 3 nitrogen and oxygen atoms in total. The van der Waals surface area contributed by atoms with Crippen LogP contribution in [0.25, 0.3) is 0 Å². The number of hydrogen-bond acceptors (Lipinski definition) is 3. The molecule has 0 aliphatic rings. The molecule has 96 valence electrons. The fourth-order valence-electron chi connectivity index (χ4n) is 2.12. The second kappa shape index (κ2) is 7.25. The fraction of sp³-hybridized carbons (Fsp3) is 0.714. The van der Waals surface area contributed by atoms with Gasteiger partial charge in [0, 0.05) is 5.92 Å². The lowest BCUT2D eigenvalue weighted by molar-refractivity contribution is 0.0874. The van der Waals surface area contributed by atoms with E-state index in [2.05, 4.69) is 18.8 Å². The Labute approximate surface area is 104 Å². The van der Waals surface area contributed by atoms with E-state index in [9.17, 15) is 4.79 Å². The molecule has 0 aliphatic carbocycles. The van der Waals surface area contributed by atoms with Crippen molar-refractivity contribution in [3.05, 3.63) is 17.8 Å². The summed E-state index contributed by atoms with van der Waals surface area (Å²) in [5.74, 6) is 0.705. The standard InChI is InChI=1S/C14H23NO2/c1-4-6-7-9-12(8-5-2)13(16)14-11(3)15-10-17-14/h10,12H,4-9H2,1-3H3. The summed E-state index contributed by atoms with van der Waals surface area (Å²) >= 11 is 0. The van der Waals surface area contributed by atoms with Crippen LogP contribution in [0.15, 0.2) is 10.8 Å². The van der Waals surface area contributed by atoms with Crippen LogP contribution in [-0.2, 0) is 0 Å². The van der Waals surface area contributed by atoms with E-state index >= 15 is 0 Å². The lowest BCUT2D eigenvalue weighted by atomic mass is 9.91. The van der Waals surface area contributed by atoms with E-state index in [1.807, 2.05) is 6.92 Å². The highest BCUT2D eigenvalue weighted by Crippen LogP contribution is 2.22.